The Hall–Kier alpha value is -1.52. The molecule has 20 heavy (non-hydrogen) atoms. The largest absolute Gasteiger partial charge is 0.367 e. The molecular weight excluding hydrogens is 295 g/mol. The zero-order valence-corrected chi connectivity index (χ0v) is 12.5. The highest BCUT2D eigenvalue weighted by Crippen LogP contribution is 2.32. The molecule has 2 aromatic rings. The van der Waals surface area contributed by atoms with Gasteiger partial charge in [-0.2, -0.15) is 4.98 Å². The van der Waals surface area contributed by atoms with Gasteiger partial charge in [0.25, 0.3) is 0 Å². The quantitative estimate of drug-likeness (QED) is 0.878. The van der Waals surface area contributed by atoms with Crippen LogP contribution < -0.4 is 10.6 Å². The number of nitrogens with zero attached hydrogens (tertiary/aromatic N) is 2. The molecular formula is C14H14Cl2N4. The summed E-state index contributed by atoms with van der Waals surface area (Å²) in [5.74, 6) is 1.31. The number of para-hydroxylation sites is 1. The summed E-state index contributed by atoms with van der Waals surface area (Å²) in [5, 5.41) is 7.53. The summed E-state index contributed by atoms with van der Waals surface area (Å²) in [6.07, 6.45) is 2.39. The van der Waals surface area contributed by atoms with Crippen molar-refractivity contribution in [1.29, 1.82) is 0 Å². The highest BCUT2D eigenvalue weighted by molar-refractivity contribution is 6.39. The molecule has 1 aromatic heterocycles. The molecule has 2 N–H and O–H groups in total. The number of aryl methyl sites for hydroxylation is 1. The van der Waals surface area contributed by atoms with Crippen LogP contribution in [-0.4, -0.2) is 16.0 Å². The summed E-state index contributed by atoms with van der Waals surface area (Å²) in [5.41, 5.74) is 1.51. The first kappa shape index (κ1) is 13.5. The zero-order chi connectivity index (χ0) is 14.1. The second-order valence-electron chi connectivity index (χ2n) is 4.86. The van der Waals surface area contributed by atoms with Crippen molar-refractivity contribution in [3.8, 4) is 0 Å². The van der Waals surface area contributed by atoms with Gasteiger partial charge in [0.15, 0.2) is 0 Å². The monoisotopic (exact) mass is 308 g/mol. The molecule has 0 spiro atoms. The number of anilines is 3. The lowest BCUT2D eigenvalue weighted by atomic mass is 10.3. The molecule has 1 aliphatic rings. The minimum absolute atomic E-state index is 0.489. The summed E-state index contributed by atoms with van der Waals surface area (Å²) in [6, 6.07) is 7.82. The van der Waals surface area contributed by atoms with E-state index >= 15 is 0 Å². The third-order valence-corrected chi connectivity index (χ3v) is 3.61. The van der Waals surface area contributed by atoms with Crippen LogP contribution in [0.1, 0.15) is 18.5 Å². The van der Waals surface area contributed by atoms with E-state index in [1.165, 1.54) is 12.8 Å². The van der Waals surface area contributed by atoms with E-state index in [9.17, 15) is 0 Å². The molecule has 0 unspecified atom stereocenters. The van der Waals surface area contributed by atoms with E-state index in [-0.39, 0.29) is 0 Å². The molecule has 0 radical (unpaired) electrons. The van der Waals surface area contributed by atoms with Crippen molar-refractivity contribution >= 4 is 40.7 Å². The van der Waals surface area contributed by atoms with Crippen LogP contribution in [0.5, 0.6) is 0 Å². The van der Waals surface area contributed by atoms with Gasteiger partial charge in [0.05, 0.1) is 15.7 Å². The van der Waals surface area contributed by atoms with Crippen LogP contribution in [0, 0.1) is 6.92 Å². The summed E-state index contributed by atoms with van der Waals surface area (Å²) >= 11 is 12.3. The van der Waals surface area contributed by atoms with Gasteiger partial charge in [-0.15, -0.1) is 0 Å². The van der Waals surface area contributed by atoms with Crippen molar-refractivity contribution in [2.45, 2.75) is 25.8 Å². The Morgan fingerprint density at radius 1 is 1.15 bits per heavy atom. The Morgan fingerprint density at radius 3 is 2.50 bits per heavy atom. The molecule has 1 aromatic carbocycles. The van der Waals surface area contributed by atoms with E-state index in [0.717, 1.165) is 11.5 Å². The van der Waals surface area contributed by atoms with Gasteiger partial charge in [-0.1, -0.05) is 29.3 Å². The maximum absolute atomic E-state index is 6.14. The summed E-state index contributed by atoms with van der Waals surface area (Å²) in [7, 11) is 0. The van der Waals surface area contributed by atoms with Crippen LogP contribution in [0.4, 0.5) is 17.5 Å². The fourth-order valence-corrected chi connectivity index (χ4v) is 2.36. The van der Waals surface area contributed by atoms with Crippen LogP contribution in [0.25, 0.3) is 0 Å². The lowest BCUT2D eigenvalue weighted by Gasteiger charge is -2.11. The van der Waals surface area contributed by atoms with Gasteiger partial charge >= 0.3 is 0 Å². The van der Waals surface area contributed by atoms with E-state index in [1.54, 1.807) is 18.2 Å². The van der Waals surface area contributed by atoms with Crippen molar-refractivity contribution in [2.75, 3.05) is 10.6 Å². The van der Waals surface area contributed by atoms with Crippen molar-refractivity contribution in [3.63, 3.8) is 0 Å². The van der Waals surface area contributed by atoms with E-state index in [0.29, 0.717) is 27.7 Å². The normalized spacial score (nSPS) is 14.2. The fraction of sp³-hybridized carbons (Fsp3) is 0.286. The van der Waals surface area contributed by atoms with Crippen LogP contribution in [0.3, 0.4) is 0 Å². The molecule has 1 fully saturated rings. The summed E-state index contributed by atoms with van der Waals surface area (Å²) in [6.45, 7) is 1.93. The highest BCUT2D eigenvalue weighted by Gasteiger charge is 2.21. The van der Waals surface area contributed by atoms with Gasteiger partial charge in [0.2, 0.25) is 5.95 Å². The highest BCUT2D eigenvalue weighted by atomic mass is 35.5. The van der Waals surface area contributed by atoms with Gasteiger partial charge in [-0.05, 0) is 31.9 Å². The standard InChI is InChI=1S/C14H14Cl2N4/c1-8-7-12(18-9-5-6-9)19-14(17-8)20-13-10(15)3-2-4-11(13)16/h2-4,7,9H,5-6H2,1H3,(H2,17,18,19,20). The molecule has 0 aliphatic heterocycles. The molecule has 0 atom stereocenters. The van der Waals surface area contributed by atoms with E-state index < -0.39 is 0 Å². The SMILES string of the molecule is Cc1cc(NC2CC2)nc(Nc2c(Cl)cccc2Cl)n1. The van der Waals surface area contributed by atoms with Crippen molar-refractivity contribution in [1.82, 2.24) is 9.97 Å². The summed E-state index contributed by atoms with van der Waals surface area (Å²) in [4.78, 5) is 8.80. The maximum Gasteiger partial charge on any atom is 0.229 e. The molecule has 6 heteroatoms. The average molecular weight is 309 g/mol. The first-order valence-corrected chi connectivity index (χ1v) is 7.20. The Morgan fingerprint density at radius 2 is 1.85 bits per heavy atom. The number of nitrogens with one attached hydrogen (secondary N) is 2. The number of hydrogen-bond acceptors (Lipinski definition) is 4. The van der Waals surface area contributed by atoms with Gasteiger partial charge in [-0.3, -0.25) is 0 Å². The maximum atomic E-state index is 6.14. The van der Waals surface area contributed by atoms with Crippen LogP contribution in [-0.2, 0) is 0 Å². The van der Waals surface area contributed by atoms with Crippen molar-refractivity contribution in [2.24, 2.45) is 0 Å². The van der Waals surface area contributed by atoms with Gasteiger partial charge in [0.1, 0.15) is 5.82 Å². The lowest BCUT2D eigenvalue weighted by Crippen LogP contribution is -2.07. The Kier molecular flexibility index (Phi) is 3.68. The van der Waals surface area contributed by atoms with Gasteiger partial charge < -0.3 is 10.6 Å². The molecule has 0 saturated heterocycles. The number of halogens is 2. The van der Waals surface area contributed by atoms with E-state index in [4.69, 9.17) is 23.2 Å². The topological polar surface area (TPSA) is 49.8 Å². The smallest absolute Gasteiger partial charge is 0.229 e. The molecule has 104 valence electrons. The van der Waals surface area contributed by atoms with E-state index in [2.05, 4.69) is 20.6 Å². The Balaban J connectivity index is 1.87. The average Bonchev–Trinajstić information content (AvgIpc) is 3.17. The Labute approximate surface area is 127 Å². The molecule has 1 saturated carbocycles. The zero-order valence-electron chi connectivity index (χ0n) is 11.0. The minimum Gasteiger partial charge on any atom is -0.367 e. The first-order chi connectivity index (χ1) is 9.61. The second kappa shape index (κ2) is 5.46. The van der Waals surface area contributed by atoms with Gasteiger partial charge in [-0.25, -0.2) is 4.98 Å². The van der Waals surface area contributed by atoms with Crippen molar-refractivity contribution < 1.29 is 0 Å². The number of rotatable bonds is 4. The van der Waals surface area contributed by atoms with Crippen molar-refractivity contribution in [3.05, 3.63) is 40.0 Å². The first-order valence-electron chi connectivity index (χ1n) is 6.45. The molecule has 1 aliphatic carbocycles. The molecule has 0 bridgehead atoms. The second-order valence-corrected chi connectivity index (χ2v) is 5.67. The lowest BCUT2D eigenvalue weighted by molar-refractivity contribution is 1.06. The number of hydrogen-bond donors (Lipinski definition) is 2. The predicted molar refractivity (Wildman–Crippen MR) is 83.2 cm³/mol. The summed E-state index contributed by atoms with van der Waals surface area (Å²) < 4.78 is 0. The van der Waals surface area contributed by atoms with E-state index in [1.807, 2.05) is 13.0 Å². The number of aromatic nitrogens is 2. The van der Waals surface area contributed by atoms with Crippen LogP contribution in [0.15, 0.2) is 24.3 Å². The molecule has 3 rings (SSSR count). The molecule has 0 amide bonds. The molecule has 4 nitrogen and oxygen atoms in total. The third-order valence-electron chi connectivity index (χ3n) is 2.98. The predicted octanol–water partition coefficient (Wildman–Crippen LogP) is 4.41. The molecule has 1 heterocycles. The number of benzene rings is 1. The van der Waals surface area contributed by atoms with Gasteiger partial charge in [0, 0.05) is 17.8 Å². The Bertz CT molecular complexity index is 621. The fourth-order valence-electron chi connectivity index (χ4n) is 1.86. The van der Waals surface area contributed by atoms with Crippen LogP contribution in [0.2, 0.25) is 10.0 Å². The minimum atomic E-state index is 0.489. The van der Waals surface area contributed by atoms with Crippen LogP contribution >= 0.6 is 23.2 Å². The third kappa shape index (κ3) is 3.14.